The molecule has 0 bridgehead atoms. The van der Waals surface area contributed by atoms with Crippen LogP contribution in [0, 0.1) is 0 Å². The quantitative estimate of drug-likeness (QED) is 0.192. The molecule has 0 radical (unpaired) electrons. The number of nitrogens with one attached hydrogen (secondary N) is 2. The Hall–Kier alpha value is -6.46. The van der Waals surface area contributed by atoms with Gasteiger partial charge in [-0.1, -0.05) is 152 Å². The monoisotopic (exact) mass is 632 g/mol. The lowest BCUT2D eigenvalue weighted by Gasteiger charge is -2.24. The van der Waals surface area contributed by atoms with Crippen LogP contribution in [0.1, 0.15) is 34.6 Å². The summed E-state index contributed by atoms with van der Waals surface area (Å²) in [4.78, 5) is 10.2. The Bertz CT molecular complexity index is 2350. The molecule has 5 nitrogen and oxygen atoms in total. The van der Waals surface area contributed by atoms with Crippen molar-refractivity contribution in [3.63, 3.8) is 0 Å². The van der Waals surface area contributed by atoms with E-state index in [2.05, 4.69) is 138 Å². The van der Waals surface area contributed by atoms with Gasteiger partial charge in [0.25, 0.3) is 0 Å². The predicted octanol–water partition coefficient (Wildman–Crippen LogP) is 10.2. The topological polar surface area (TPSA) is 58.0 Å². The first kappa shape index (κ1) is 28.7. The van der Waals surface area contributed by atoms with Crippen molar-refractivity contribution in [1.82, 2.24) is 5.32 Å². The molecule has 0 fully saturated rings. The molecule has 2 atom stereocenters. The van der Waals surface area contributed by atoms with Crippen molar-refractivity contribution >= 4 is 28.1 Å². The molecule has 0 aromatic heterocycles. The first-order chi connectivity index (χ1) is 24.2. The number of benzene rings is 7. The number of ether oxygens (including phenoxy) is 1. The van der Waals surface area contributed by atoms with Gasteiger partial charge in [0.2, 0.25) is 0 Å². The molecule has 0 saturated carbocycles. The van der Waals surface area contributed by atoms with E-state index < -0.39 is 0 Å². The minimum atomic E-state index is -0.270. The Morgan fingerprint density at radius 3 is 1.84 bits per heavy atom. The number of hydrogen-bond donors (Lipinski definition) is 2. The van der Waals surface area contributed by atoms with E-state index in [1.54, 1.807) is 0 Å². The Balaban J connectivity index is 1.07. The molecule has 2 aliphatic heterocycles. The van der Waals surface area contributed by atoms with Gasteiger partial charge in [0.1, 0.15) is 17.8 Å². The minimum Gasteiger partial charge on any atom is -0.464 e. The number of aliphatic imine (C=N–C) groups is 2. The van der Waals surface area contributed by atoms with Crippen LogP contribution in [0.2, 0.25) is 0 Å². The molecule has 7 aromatic rings. The SMILES string of the molecule is c1ccc(-c2ccc(C3=NC(c4cccc(-c5ccc6ccc7c(c6c5)NC(c5ccccc5)O7)c4)=NC(c4ccccc4)N3)cc2)cc1. The first-order valence-corrected chi connectivity index (χ1v) is 16.5. The van der Waals surface area contributed by atoms with Gasteiger partial charge in [0, 0.05) is 22.1 Å². The van der Waals surface area contributed by atoms with Gasteiger partial charge in [0.15, 0.2) is 12.1 Å². The third kappa shape index (κ3) is 5.62. The highest BCUT2D eigenvalue weighted by Crippen LogP contribution is 2.43. The molecule has 2 N–H and O–H groups in total. The summed E-state index contributed by atoms with van der Waals surface area (Å²) >= 11 is 0. The van der Waals surface area contributed by atoms with Crippen molar-refractivity contribution < 1.29 is 4.74 Å². The molecule has 5 heteroatoms. The lowest BCUT2D eigenvalue weighted by Crippen LogP contribution is -2.33. The second-order valence-electron chi connectivity index (χ2n) is 12.3. The molecule has 2 heterocycles. The summed E-state index contributed by atoms with van der Waals surface area (Å²) in [6.45, 7) is 0. The molecule has 9 rings (SSSR count). The Morgan fingerprint density at radius 2 is 1.06 bits per heavy atom. The molecule has 7 aromatic carbocycles. The Labute approximate surface area is 285 Å². The molecule has 0 spiro atoms. The minimum absolute atomic E-state index is 0.217. The summed E-state index contributed by atoms with van der Waals surface area (Å²) in [5, 5.41) is 9.50. The van der Waals surface area contributed by atoms with Crippen LogP contribution in [0.3, 0.4) is 0 Å². The van der Waals surface area contributed by atoms with E-state index in [9.17, 15) is 0 Å². The molecule has 2 unspecified atom stereocenters. The van der Waals surface area contributed by atoms with Crippen LogP contribution < -0.4 is 15.4 Å². The fraction of sp³-hybridized carbons (Fsp3) is 0.0455. The van der Waals surface area contributed by atoms with E-state index in [0.29, 0.717) is 5.84 Å². The van der Waals surface area contributed by atoms with Crippen molar-refractivity contribution in [1.29, 1.82) is 0 Å². The molecule has 0 amide bonds. The highest BCUT2D eigenvalue weighted by molar-refractivity contribution is 6.13. The van der Waals surface area contributed by atoms with E-state index in [1.165, 1.54) is 11.1 Å². The molecular formula is C44H32N4O. The summed E-state index contributed by atoms with van der Waals surface area (Å²) in [6.07, 6.45) is -0.487. The summed E-state index contributed by atoms with van der Waals surface area (Å²) in [6, 6.07) is 58.9. The fourth-order valence-electron chi connectivity index (χ4n) is 6.61. The first-order valence-electron chi connectivity index (χ1n) is 16.5. The van der Waals surface area contributed by atoms with Crippen LogP contribution in [0.15, 0.2) is 180 Å². The second-order valence-corrected chi connectivity index (χ2v) is 12.3. The van der Waals surface area contributed by atoms with Crippen molar-refractivity contribution in [2.75, 3.05) is 5.32 Å². The van der Waals surface area contributed by atoms with Gasteiger partial charge in [-0.3, -0.25) is 0 Å². The summed E-state index contributed by atoms with van der Waals surface area (Å²) in [5.74, 6) is 2.35. The highest BCUT2D eigenvalue weighted by Gasteiger charge is 2.25. The van der Waals surface area contributed by atoms with E-state index in [0.717, 1.165) is 61.4 Å². The molecule has 0 aliphatic carbocycles. The third-order valence-corrected chi connectivity index (χ3v) is 9.18. The number of nitrogens with zero attached hydrogens (tertiary/aromatic N) is 2. The van der Waals surface area contributed by atoms with Gasteiger partial charge < -0.3 is 15.4 Å². The normalized spacial score (nSPS) is 16.5. The zero-order chi connectivity index (χ0) is 32.6. The van der Waals surface area contributed by atoms with Gasteiger partial charge in [0.05, 0.1) is 5.69 Å². The number of fused-ring (bicyclic) bond motifs is 3. The van der Waals surface area contributed by atoms with Crippen LogP contribution >= 0.6 is 0 Å². The second kappa shape index (κ2) is 12.3. The molecular weight excluding hydrogens is 601 g/mol. The van der Waals surface area contributed by atoms with Crippen LogP contribution in [-0.4, -0.2) is 11.7 Å². The third-order valence-electron chi connectivity index (χ3n) is 9.18. The van der Waals surface area contributed by atoms with Crippen molar-refractivity contribution in [3.8, 4) is 28.0 Å². The maximum absolute atomic E-state index is 6.32. The number of anilines is 1. The Kier molecular flexibility index (Phi) is 7.21. The van der Waals surface area contributed by atoms with Crippen LogP contribution in [0.5, 0.6) is 5.75 Å². The zero-order valence-electron chi connectivity index (χ0n) is 26.6. The summed E-state index contributed by atoms with van der Waals surface area (Å²) in [5.41, 5.74) is 9.73. The van der Waals surface area contributed by atoms with E-state index in [1.807, 2.05) is 42.5 Å². The summed E-state index contributed by atoms with van der Waals surface area (Å²) in [7, 11) is 0. The standard InChI is InChI=1S/C44H32N4O/c1-4-11-29(12-5-1)30-19-22-33(23-20-30)42-46-41(32-13-6-2-7-14-32)47-43(48-42)37-18-10-17-35(27-37)36-24-21-31-25-26-39-40(38(31)28-36)45-44(49-39)34-15-8-3-9-16-34/h1-28,41,44-45H,(H,46,47,48). The highest BCUT2D eigenvalue weighted by atomic mass is 16.5. The number of amidine groups is 2. The Morgan fingerprint density at radius 1 is 0.469 bits per heavy atom. The maximum atomic E-state index is 6.32. The number of rotatable bonds is 6. The van der Waals surface area contributed by atoms with Gasteiger partial charge in [-0.2, -0.15) is 0 Å². The lowest BCUT2D eigenvalue weighted by molar-refractivity contribution is 0.260. The average Bonchev–Trinajstić information content (AvgIpc) is 3.64. The van der Waals surface area contributed by atoms with Crippen molar-refractivity contribution in [2.45, 2.75) is 12.4 Å². The molecule has 2 aliphatic rings. The largest absolute Gasteiger partial charge is 0.464 e. The van der Waals surface area contributed by atoms with Gasteiger partial charge >= 0.3 is 0 Å². The molecule has 0 saturated heterocycles. The molecule has 49 heavy (non-hydrogen) atoms. The summed E-state index contributed by atoms with van der Waals surface area (Å²) < 4.78 is 6.32. The number of hydrogen-bond acceptors (Lipinski definition) is 5. The molecule has 234 valence electrons. The zero-order valence-corrected chi connectivity index (χ0v) is 26.6. The maximum Gasteiger partial charge on any atom is 0.196 e. The van der Waals surface area contributed by atoms with E-state index >= 15 is 0 Å². The van der Waals surface area contributed by atoms with E-state index in [4.69, 9.17) is 14.7 Å². The smallest absolute Gasteiger partial charge is 0.196 e. The van der Waals surface area contributed by atoms with Gasteiger partial charge in [-0.05, 0) is 51.4 Å². The van der Waals surface area contributed by atoms with Crippen LogP contribution in [0.25, 0.3) is 33.0 Å². The van der Waals surface area contributed by atoms with Crippen LogP contribution in [0.4, 0.5) is 5.69 Å². The lowest BCUT2D eigenvalue weighted by atomic mass is 9.98. The van der Waals surface area contributed by atoms with Crippen molar-refractivity contribution in [2.24, 2.45) is 9.98 Å². The van der Waals surface area contributed by atoms with Gasteiger partial charge in [-0.15, -0.1) is 0 Å². The van der Waals surface area contributed by atoms with E-state index in [-0.39, 0.29) is 12.4 Å². The van der Waals surface area contributed by atoms with Crippen molar-refractivity contribution in [3.05, 3.63) is 192 Å². The average molecular weight is 633 g/mol. The van der Waals surface area contributed by atoms with Crippen LogP contribution in [-0.2, 0) is 0 Å². The van der Waals surface area contributed by atoms with Gasteiger partial charge in [-0.25, -0.2) is 9.98 Å². The fourth-order valence-corrected chi connectivity index (χ4v) is 6.61. The predicted molar refractivity (Wildman–Crippen MR) is 200 cm³/mol.